The Morgan fingerprint density at radius 1 is 1.11 bits per heavy atom. The quantitative estimate of drug-likeness (QED) is 0.713. The number of carbonyl (C=O) groups is 1. The first kappa shape index (κ1) is 17.3. The van der Waals surface area contributed by atoms with Crippen LogP contribution < -0.4 is 5.32 Å². The zero-order valence-electron chi connectivity index (χ0n) is 14.9. The first-order valence-corrected chi connectivity index (χ1v) is 8.97. The molecule has 0 fully saturated rings. The molecule has 27 heavy (non-hydrogen) atoms. The average Bonchev–Trinajstić information content (AvgIpc) is 3.18. The molecule has 0 aliphatic carbocycles. The molecule has 3 aromatic rings. The van der Waals surface area contributed by atoms with Crippen molar-refractivity contribution in [1.82, 2.24) is 34.9 Å². The van der Waals surface area contributed by atoms with E-state index in [1.165, 1.54) is 23.7 Å². The highest BCUT2D eigenvalue weighted by Gasteiger charge is 2.25. The number of nitrogens with one attached hydrogen (secondary N) is 1. The van der Waals surface area contributed by atoms with Gasteiger partial charge in [-0.25, -0.2) is 4.98 Å². The van der Waals surface area contributed by atoms with E-state index in [1.807, 2.05) is 30.7 Å². The largest absolute Gasteiger partial charge is 0.351 e. The van der Waals surface area contributed by atoms with Gasteiger partial charge < -0.3 is 5.32 Å². The minimum Gasteiger partial charge on any atom is -0.351 e. The van der Waals surface area contributed by atoms with Crippen molar-refractivity contribution in [3.05, 3.63) is 72.3 Å². The van der Waals surface area contributed by atoms with Crippen LogP contribution in [0.3, 0.4) is 0 Å². The van der Waals surface area contributed by atoms with E-state index in [0.29, 0.717) is 12.2 Å². The molecule has 1 unspecified atom stereocenters. The van der Waals surface area contributed by atoms with Crippen molar-refractivity contribution < 1.29 is 4.79 Å². The van der Waals surface area contributed by atoms with Gasteiger partial charge in [0.2, 0.25) is 0 Å². The van der Waals surface area contributed by atoms with Crippen LogP contribution in [0.4, 0.5) is 0 Å². The topological polar surface area (TPSA) is 88.8 Å². The van der Waals surface area contributed by atoms with Crippen molar-refractivity contribution >= 4 is 5.91 Å². The zero-order chi connectivity index (χ0) is 18.5. The summed E-state index contributed by atoms with van der Waals surface area (Å²) in [6.45, 7) is 3.18. The van der Waals surface area contributed by atoms with Crippen molar-refractivity contribution in [2.24, 2.45) is 0 Å². The normalized spacial score (nSPS) is 16.7. The van der Waals surface area contributed by atoms with Gasteiger partial charge in [-0.15, -0.1) is 0 Å². The third-order valence-electron chi connectivity index (χ3n) is 4.67. The van der Waals surface area contributed by atoms with E-state index in [-0.39, 0.29) is 11.9 Å². The molecule has 0 saturated heterocycles. The third-order valence-corrected chi connectivity index (χ3v) is 4.67. The molecular formula is C19H21N7O. The molecule has 4 rings (SSSR count). The van der Waals surface area contributed by atoms with Crippen molar-refractivity contribution in [1.29, 1.82) is 0 Å². The van der Waals surface area contributed by atoms with E-state index in [4.69, 9.17) is 0 Å². The van der Waals surface area contributed by atoms with Crippen LogP contribution in [0.5, 0.6) is 0 Å². The average molecular weight is 363 g/mol. The van der Waals surface area contributed by atoms with Crippen LogP contribution in [0.15, 0.2) is 55.4 Å². The molecule has 138 valence electrons. The summed E-state index contributed by atoms with van der Waals surface area (Å²) in [5.74, 6) is -0.201. The monoisotopic (exact) mass is 363 g/mol. The number of hydrogen-bond acceptors (Lipinski definition) is 6. The molecular weight excluding hydrogens is 342 g/mol. The number of aromatic nitrogens is 5. The molecule has 8 nitrogen and oxygen atoms in total. The number of carbonyl (C=O) groups excluding carboxylic acids is 1. The van der Waals surface area contributed by atoms with E-state index < -0.39 is 0 Å². The van der Waals surface area contributed by atoms with Gasteiger partial charge in [0.05, 0.1) is 17.9 Å². The lowest BCUT2D eigenvalue weighted by molar-refractivity contribution is 0.0941. The molecule has 4 heterocycles. The van der Waals surface area contributed by atoms with Crippen LogP contribution in [0.25, 0.3) is 0 Å². The highest BCUT2D eigenvalue weighted by Crippen LogP contribution is 2.24. The lowest BCUT2D eigenvalue weighted by Crippen LogP contribution is -2.39. The van der Waals surface area contributed by atoms with Gasteiger partial charge >= 0.3 is 0 Å². The fraction of sp³-hybridized carbons (Fsp3) is 0.316. The van der Waals surface area contributed by atoms with Gasteiger partial charge in [-0.1, -0.05) is 0 Å². The summed E-state index contributed by atoms with van der Waals surface area (Å²) in [6.07, 6.45) is 10.8. The molecule has 0 radical (unpaired) electrons. The van der Waals surface area contributed by atoms with E-state index in [0.717, 1.165) is 26.1 Å². The Morgan fingerprint density at radius 3 is 2.81 bits per heavy atom. The van der Waals surface area contributed by atoms with Crippen LogP contribution >= 0.6 is 0 Å². The SMILES string of the molecule is O=C(NCCC1CN(Cc2ccncc2)Cc2ccnn21)c1cnccn1. The highest BCUT2D eigenvalue weighted by molar-refractivity contribution is 5.91. The molecule has 1 amide bonds. The molecule has 3 aromatic heterocycles. The Bertz CT molecular complexity index is 881. The van der Waals surface area contributed by atoms with E-state index in [1.54, 1.807) is 6.20 Å². The highest BCUT2D eigenvalue weighted by atomic mass is 16.1. The Morgan fingerprint density at radius 2 is 2.00 bits per heavy atom. The molecule has 0 saturated carbocycles. The number of rotatable bonds is 6. The number of pyridine rings is 1. The van der Waals surface area contributed by atoms with E-state index in [2.05, 4.69) is 41.0 Å². The maximum absolute atomic E-state index is 12.1. The number of hydrogen-bond donors (Lipinski definition) is 1. The summed E-state index contributed by atoms with van der Waals surface area (Å²) in [5, 5.41) is 7.41. The summed E-state index contributed by atoms with van der Waals surface area (Å²) in [7, 11) is 0. The Labute approximate surface area is 157 Å². The van der Waals surface area contributed by atoms with Gasteiger partial charge in [-0.3, -0.25) is 24.3 Å². The predicted octanol–water partition coefficient (Wildman–Crippen LogP) is 1.45. The van der Waals surface area contributed by atoms with Gasteiger partial charge in [0, 0.05) is 57.2 Å². The fourth-order valence-electron chi connectivity index (χ4n) is 3.40. The van der Waals surface area contributed by atoms with Crippen LogP contribution in [-0.4, -0.2) is 48.6 Å². The Kier molecular flexibility index (Phi) is 5.15. The summed E-state index contributed by atoms with van der Waals surface area (Å²) in [4.78, 5) is 26.6. The molecule has 0 aromatic carbocycles. The summed E-state index contributed by atoms with van der Waals surface area (Å²) < 4.78 is 2.08. The maximum Gasteiger partial charge on any atom is 0.271 e. The molecule has 0 spiro atoms. The molecule has 1 aliphatic heterocycles. The van der Waals surface area contributed by atoms with Gasteiger partial charge in [-0.2, -0.15) is 5.10 Å². The van der Waals surface area contributed by atoms with Gasteiger partial charge in [0.1, 0.15) is 5.69 Å². The van der Waals surface area contributed by atoms with Crippen LogP contribution in [0, 0.1) is 0 Å². The minimum absolute atomic E-state index is 0.201. The molecule has 1 N–H and O–H groups in total. The van der Waals surface area contributed by atoms with Gasteiger partial charge in [0.15, 0.2) is 0 Å². The van der Waals surface area contributed by atoms with Crippen molar-refractivity contribution in [2.75, 3.05) is 13.1 Å². The number of nitrogens with zero attached hydrogens (tertiary/aromatic N) is 6. The van der Waals surface area contributed by atoms with Gasteiger partial charge in [-0.05, 0) is 30.2 Å². The number of fused-ring (bicyclic) bond motifs is 1. The Balaban J connectivity index is 1.37. The zero-order valence-corrected chi connectivity index (χ0v) is 14.9. The van der Waals surface area contributed by atoms with E-state index in [9.17, 15) is 4.79 Å². The summed E-state index contributed by atoms with van der Waals surface area (Å²) >= 11 is 0. The predicted molar refractivity (Wildman–Crippen MR) is 98.6 cm³/mol. The second-order valence-corrected chi connectivity index (χ2v) is 6.58. The molecule has 1 aliphatic rings. The Hall–Kier alpha value is -3.13. The number of amides is 1. The summed E-state index contributed by atoms with van der Waals surface area (Å²) in [5.41, 5.74) is 2.77. The second kappa shape index (κ2) is 8.05. The lowest BCUT2D eigenvalue weighted by Gasteiger charge is -2.34. The van der Waals surface area contributed by atoms with Crippen molar-refractivity contribution in [2.45, 2.75) is 25.6 Å². The van der Waals surface area contributed by atoms with Crippen LogP contribution in [0.1, 0.15) is 34.2 Å². The first-order chi connectivity index (χ1) is 13.3. The lowest BCUT2D eigenvalue weighted by atomic mass is 10.1. The summed E-state index contributed by atoms with van der Waals surface area (Å²) in [6, 6.07) is 6.36. The smallest absolute Gasteiger partial charge is 0.271 e. The molecule has 8 heteroatoms. The maximum atomic E-state index is 12.1. The second-order valence-electron chi connectivity index (χ2n) is 6.58. The third kappa shape index (κ3) is 4.17. The molecule has 1 atom stereocenters. The fourth-order valence-corrected chi connectivity index (χ4v) is 3.40. The van der Waals surface area contributed by atoms with Gasteiger partial charge in [0.25, 0.3) is 5.91 Å². The van der Waals surface area contributed by atoms with Crippen LogP contribution in [-0.2, 0) is 13.1 Å². The van der Waals surface area contributed by atoms with Crippen molar-refractivity contribution in [3.8, 4) is 0 Å². The van der Waals surface area contributed by atoms with Crippen molar-refractivity contribution in [3.63, 3.8) is 0 Å². The molecule has 0 bridgehead atoms. The minimum atomic E-state index is -0.201. The van der Waals surface area contributed by atoms with E-state index >= 15 is 0 Å². The first-order valence-electron chi connectivity index (χ1n) is 8.97. The standard InChI is InChI=1S/C19H21N7O/c27-19(18-11-21-9-10-22-18)23-7-3-16-13-25(12-15-1-5-20-6-2-15)14-17-4-8-24-26(16)17/h1-2,4-6,8-11,16H,3,7,12-14H2,(H,23,27). The van der Waals surface area contributed by atoms with Crippen LogP contribution in [0.2, 0.25) is 0 Å².